The van der Waals surface area contributed by atoms with Crippen LogP contribution in [0.5, 0.6) is 0 Å². The number of hydrogen-bond acceptors (Lipinski definition) is 5. The van der Waals surface area contributed by atoms with Crippen LogP contribution in [0.2, 0.25) is 0 Å². The Bertz CT molecular complexity index is 455. The minimum atomic E-state index is 0. The molecule has 2 heterocycles. The zero-order valence-electron chi connectivity index (χ0n) is 12.6. The van der Waals surface area contributed by atoms with Crippen molar-refractivity contribution in [3.8, 4) is 0 Å². The lowest BCUT2D eigenvalue weighted by molar-refractivity contribution is -0.118. The van der Waals surface area contributed by atoms with Gasteiger partial charge in [-0.3, -0.25) is 9.69 Å². The van der Waals surface area contributed by atoms with Crippen molar-refractivity contribution in [2.24, 2.45) is 0 Å². The van der Waals surface area contributed by atoms with Gasteiger partial charge in [0.05, 0.1) is 12.2 Å². The average Bonchev–Trinajstić information content (AvgIpc) is 2.72. The molecule has 1 atom stereocenters. The van der Waals surface area contributed by atoms with Crippen LogP contribution in [-0.4, -0.2) is 48.0 Å². The molecule has 5 nitrogen and oxygen atoms in total. The molecule has 1 aliphatic rings. The van der Waals surface area contributed by atoms with E-state index in [2.05, 4.69) is 34.4 Å². The van der Waals surface area contributed by atoms with Gasteiger partial charge < -0.3 is 10.6 Å². The number of rotatable bonds is 4. The van der Waals surface area contributed by atoms with E-state index in [1.165, 1.54) is 4.88 Å². The van der Waals surface area contributed by atoms with E-state index in [-0.39, 0.29) is 30.7 Å². The standard InChI is InChI=1S/C13H22N4OS.2ClH/c1-4-11-10(3)19-13(15-11)16-12(18)8-17-6-5-14-7-9(17)2;;/h9,14H,4-8H2,1-3H3,(H,15,16,18);2*1H/t9-;;/m0../s1. The van der Waals surface area contributed by atoms with Crippen molar-refractivity contribution >= 4 is 47.2 Å². The normalized spacial score (nSPS) is 18.5. The predicted molar refractivity (Wildman–Crippen MR) is 93.3 cm³/mol. The molecule has 0 radical (unpaired) electrons. The quantitative estimate of drug-likeness (QED) is 0.869. The van der Waals surface area contributed by atoms with Crippen LogP contribution < -0.4 is 10.6 Å². The SMILES string of the molecule is CCc1nc(NC(=O)CN2CCNC[C@@H]2C)sc1C.Cl.Cl. The number of carbonyl (C=O) groups is 1. The molecule has 0 unspecified atom stereocenters. The fraction of sp³-hybridized carbons (Fsp3) is 0.692. The Labute approximate surface area is 142 Å². The zero-order valence-corrected chi connectivity index (χ0v) is 15.1. The van der Waals surface area contributed by atoms with Gasteiger partial charge in [0.25, 0.3) is 0 Å². The van der Waals surface area contributed by atoms with Crippen LogP contribution in [-0.2, 0) is 11.2 Å². The first kappa shape index (κ1) is 20.6. The zero-order chi connectivity index (χ0) is 13.8. The Balaban J connectivity index is 0.00000200. The molecule has 8 heteroatoms. The first-order chi connectivity index (χ1) is 9.10. The van der Waals surface area contributed by atoms with Crippen LogP contribution in [0.4, 0.5) is 5.13 Å². The van der Waals surface area contributed by atoms with Crippen molar-refractivity contribution in [1.29, 1.82) is 0 Å². The number of nitrogens with one attached hydrogen (secondary N) is 2. The molecule has 1 aromatic rings. The van der Waals surface area contributed by atoms with Gasteiger partial charge in [-0.1, -0.05) is 6.92 Å². The highest BCUT2D eigenvalue weighted by molar-refractivity contribution is 7.15. The van der Waals surface area contributed by atoms with Crippen molar-refractivity contribution in [3.05, 3.63) is 10.6 Å². The maximum absolute atomic E-state index is 12.0. The van der Waals surface area contributed by atoms with Crippen molar-refractivity contribution < 1.29 is 4.79 Å². The number of hydrogen-bond donors (Lipinski definition) is 2. The Kier molecular flexibility index (Phi) is 9.40. The molecule has 1 amide bonds. The fourth-order valence-corrected chi connectivity index (χ4v) is 3.19. The molecule has 0 bridgehead atoms. The third-order valence-corrected chi connectivity index (χ3v) is 4.39. The Morgan fingerprint density at radius 2 is 2.24 bits per heavy atom. The Hall–Kier alpha value is -0.400. The molecule has 1 fully saturated rings. The smallest absolute Gasteiger partial charge is 0.240 e. The second-order valence-corrected chi connectivity index (χ2v) is 6.15. The molecule has 21 heavy (non-hydrogen) atoms. The molecule has 0 saturated carbocycles. The molecule has 1 aromatic heterocycles. The van der Waals surface area contributed by atoms with Crippen LogP contribution in [0.1, 0.15) is 24.4 Å². The first-order valence-electron chi connectivity index (χ1n) is 6.81. The van der Waals surface area contributed by atoms with Crippen LogP contribution in [0.15, 0.2) is 0 Å². The lowest BCUT2D eigenvalue weighted by Gasteiger charge is -2.33. The number of carbonyl (C=O) groups excluding carboxylic acids is 1. The van der Waals surface area contributed by atoms with Crippen LogP contribution >= 0.6 is 36.2 Å². The van der Waals surface area contributed by atoms with Crippen LogP contribution in [0, 0.1) is 6.92 Å². The van der Waals surface area contributed by atoms with Gasteiger partial charge >= 0.3 is 0 Å². The second kappa shape index (κ2) is 9.58. The number of aromatic nitrogens is 1. The summed E-state index contributed by atoms with van der Waals surface area (Å²) in [5, 5.41) is 6.96. The highest BCUT2D eigenvalue weighted by Crippen LogP contribution is 2.22. The van der Waals surface area contributed by atoms with E-state index in [4.69, 9.17) is 0 Å². The van der Waals surface area contributed by atoms with Crippen molar-refractivity contribution in [2.75, 3.05) is 31.5 Å². The molecular formula is C13H24Cl2N4OS. The molecule has 1 aliphatic heterocycles. The van der Waals surface area contributed by atoms with E-state index in [0.717, 1.165) is 36.9 Å². The van der Waals surface area contributed by atoms with Crippen LogP contribution in [0.3, 0.4) is 0 Å². The summed E-state index contributed by atoms with van der Waals surface area (Å²) in [6.45, 7) is 9.54. The summed E-state index contributed by atoms with van der Waals surface area (Å²) in [4.78, 5) is 19.9. The van der Waals surface area contributed by atoms with E-state index in [1.54, 1.807) is 11.3 Å². The number of amides is 1. The molecular weight excluding hydrogens is 331 g/mol. The summed E-state index contributed by atoms with van der Waals surface area (Å²) >= 11 is 1.56. The van der Waals surface area contributed by atoms with Gasteiger partial charge in [0.2, 0.25) is 5.91 Å². The van der Waals surface area contributed by atoms with E-state index < -0.39 is 0 Å². The van der Waals surface area contributed by atoms with Gasteiger partial charge in [-0.05, 0) is 20.3 Å². The lowest BCUT2D eigenvalue weighted by atomic mass is 10.2. The fourth-order valence-electron chi connectivity index (χ4n) is 2.27. The number of anilines is 1. The minimum absolute atomic E-state index is 0. The molecule has 2 rings (SSSR count). The van der Waals surface area contributed by atoms with Crippen molar-refractivity contribution in [3.63, 3.8) is 0 Å². The van der Waals surface area contributed by atoms with E-state index in [0.29, 0.717) is 12.6 Å². The molecule has 2 N–H and O–H groups in total. The molecule has 0 aliphatic carbocycles. The summed E-state index contributed by atoms with van der Waals surface area (Å²) in [6, 6.07) is 0.406. The number of nitrogens with zero attached hydrogens (tertiary/aromatic N) is 2. The number of thiazole rings is 1. The van der Waals surface area contributed by atoms with Gasteiger partial charge in [-0.15, -0.1) is 36.2 Å². The molecule has 122 valence electrons. The summed E-state index contributed by atoms with van der Waals surface area (Å²) in [5.74, 6) is 0.0325. The van der Waals surface area contributed by atoms with E-state index >= 15 is 0 Å². The summed E-state index contributed by atoms with van der Waals surface area (Å²) < 4.78 is 0. The average molecular weight is 355 g/mol. The topological polar surface area (TPSA) is 57.3 Å². The Morgan fingerprint density at radius 1 is 1.52 bits per heavy atom. The third kappa shape index (κ3) is 5.71. The second-order valence-electron chi connectivity index (χ2n) is 4.95. The number of halogens is 2. The van der Waals surface area contributed by atoms with Gasteiger partial charge in [-0.25, -0.2) is 4.98 Å². The minimum Gasteiger partial charge on any atom is -0.314 e. The number of aryl methyl sites for hydroxylation is 2. The lowest BCUT2D eigenvalue weighted by Crippen LogP contribution is -2.51. The van der Waals surface area contributed by atoms with Gasteiger partial charge in [0.15, 0.2) is 5.13 Å². The monoisotopic (exact) mass is 354 g/mol. The third-order valence-electron chi connectivity index (χ3n) is 3.46. The first-order valence-corrected chi connectivity index (χ1v) is 7.62. The van der Waals surface area contributed by atoms with Gasteiger partial charge in [-0.2, -0.15) is 0 Å². The summed E-state index contributed by atoms with van der Waals surface area (Å²) in [7, 11) is 0. The largest absolute Gasteiger partial charge is 0.314 e. The highest BCUT2D eigenvalue weighted by Gasteiger charge is 2.20. The summed E-state index contributed by atoms with van der Waals surface area (Å²) in [6.07, 6.45) is 0.910. The summed E-state index contributed by atoms with van der Waals surface area (Å²) in [5.41, 5.74) is 1.08. The van der Waals surface area contributed by atoms with Crippen molar-refractivity contribution in [1.82, 2.24) is 15.2 Å². The predicted octanol–water partition coefficient (Wildman–Crippen LogP) is 2.09. The molecule has 0 aromatic carbocycles. The molecule has 1 saturated heterocycles. The maximum Gasteiger partial charge on any atom is 0.240 e. The van der Waals surface area contributed by atoms with E-state index in [1.807, 2.05) is 6.92 Å². The van der Waals surface area contributed by atoms with Gasteiger partial charge in [0.1, 0.15) is 0 Å². The maximum atomic E-state index is 12.0. The number of piperazine rings is 1. The van der Waals surface area contributed by atoms with E-state index in [9.17, 15) is 4.79 Å². The van der Waals surface area contributed by atoms with Gasteiger partial charge in [0, 0.05) is 30.6 Å². The highest BCUT2D eigenvalue weighted by atomic mass is 35.5. The van der Waals surface area contributed by atoms with Crippen LogP contribution in [0.25, 0.3) is 0 Å². The van der Waals surface area contributed by atoms with Crippen molar-refractivity contribution in [2.45, 2.75) is 33.2 Å². The molecule has 0 spiro atoms. The Morgan fingerprint density at radius 3 is 2.81 bits per heavy atom.